The minimum atomic E-state index is -4.33. The van der Waals surface area contributed by atoms with Crippen LogP contribution in [0, 0.1) is 0 Å². The molecule has 6 nitrogen and oxygen atoms in total. The highest BCUT2D eigenvalue weighted by atomic mass is 32.2. The first-order chi connectivity index (χ1) is 14.3. The monoisotopic (exact) mass is 437 g/mol. The van der Waals surface area contributed by atoms with Gasteiger partial charge < -0.3 is 4.74 Å². The van der Waals surface area contributed by atoms with Gasteiger partial charge in [-0.2, -0.15) is 17.8 Å². The number of aromatic nitrogens is 2. The van der Waals surface area contributed by atoms with Crippen molar-refractivity contribution in [3.05, 3.63) is 64.4 Å². The molecule has 1 heterocycles. The number of benzene rings is 2. The van der Waals surface area contributed by atoms with E-state index in [2.05, 4.69) is 10.4 Å². The Morgan fingerprint density at radius 3 is 2.60 bits per heavy atom. The zero-order chi connectivity index (χ0) is 21.7. The van der Waals surface area contributed by atoms with Crippen molar-refractivity contribution >= 4 is 28.6 Å². The molecule has 158 valence electrons. The van der Waals surface area contributed by atoms with Gasteiger partial charge in [0.25, 0.3) is 5.56 Å². The Morgan fingerprint density at radius 1 is 1.20 bits per heavy atom. The lowest BCUT2D eigenvalue weighted by Crippen LogP contribution is -2.36. The van der Waals surface area contributed by atoms with E-state index in [9.17, 15) is 22.8 Å². The summed E-state index contributed by atoms with van der Waals surface area (Å²) in [6.07, 6.45) is -5.39. The van der Waals surface area contributed by atoms with Crippen molar-refractivity contribution in [3.63, 3.8) is 0 Å². The quantitative estimate of drug-likeness (QED) is 0.450. The van der Waals surface area contributed by atoms with Crippen LogP contribution >= 0.6 is 11.8 Å². The molecule has 3 rings (SSSR count). The molecule has 0 radical (unpaired) electrons. The van der Waals surface area contributed by atoms with E-state index in [0.717, 1.165) is 22.0 Å². The number of alkyl halides is 3. The van der Waals surface area contributed by atoms with Crippen LogP contribution in [0.25, 0.3) is 10.9 Å². The fourth-order valence-electron chi connectivity index (χ4n) is 2.67. The highest BCUT2D eigenvalue weighted by Crippen LogP contribution is 2.26. The fraction of sp³-hybridized carbons (Fsp3) is 0.250. The molecular weight excluding hydrogens is 419 g/mol. The average Bonchev–Trinajstić information content (AvgIpc) is 2.70. The van der Waals surface area contributed by atoms with Gasteiger partial charge in [-0.05, 0) is 23.8 Å². The van der Waals surface area contributed by atoms with Crippen molar-refractivity contribution in [1.82, 2.24) is 9.66 Å². The van der Waals surface area contributed by atoms with Crippen molar-refractivity contribution in [2.45, 2.75) is 24.2 Å². The van der Waals surface area contributed by atoms with Crippen molar-refractivity contribution in [2.24, 2.45) is 0 Å². The zero-order valence-electron chi connectivity index (χ0n) is 15.9. The van der Waals surface area contributed by atoms with Crippen LogP contribution in [0.1, 0.15) is 12.0 Å². The van der Waals surface area contributed by atoms with Gasteiger partial charge >= 0.3 is 6.18 Å². The molecule has 0 atom stereocenters. The van der Waals surface area contributed by atoms with Crippen LogP contribution in [-0.2, 0) is 11.2 Å². The highest BCUT2D eigenvalue weighted by molar-refractivity contribution is 7.99. The predicted molar refractivity (Wildman–Crippen MR) is 108 cm³/mol. The number of carbonyl (C=O) groups excluding carboxylic acids is 1. The van der Waals surface area contributed by atoms with Crippen molar-refractivity contribution in [3.8, 4) is 5.75 Å². The van der Waals surface area contributed by atoms with Crippen LogP contribution in [0.2, 0.25) is 0 Å². The molecule has 0 aliphatic heterocycles. The first kappa shape index (κ1) is 21.7. The van der Waals surface area contributed by atoms with Gasteiger partial charge in [-0.1, -0.05) is 42.1 Å². The molecule has 10 heteroatoms. The molecule has 0 unspecified atom stereocenters. The lowest BCUT2D eigenvalue weighted by molar-refractivity contribution is -0.129. The fourth-order valence-corrected chi connectivity index (χ4v) is 3.61. The number of amides is 1. The lowest BCUT2D eigenvalue weighted by Gasteiger charge is -2.15. The smallest absolute Gasteiger partial charge is 0.389 e. The second-order valence-electron chi connectivity index (χ2n) is 6.33. The summed E-state index contributed by atoms with van der Waals surface area (Å²) < 4.78 is 43.6. The normalized spacial score (nSPS) is 11.5. The molecule has 0 bridgehead atoms. The van der Waals surface area contributed by atoms with Gasteiger partial charge in [-0.3, -0.25) is 15.0 Å². The molecule has 3 aromatic rings. The molecule has 0 fully saturated rings. The SMILES string of the molecule is COc1ccc2nc(SCCC(F)(F)F)n(NC(=O)Cc3ccccc3)c(=O)c2c1. The molecule has 0 aliphatic rings. The number of rotatable bonds is 7. The number of fused-ring (bicyclic) bond motifs is 1. The van der Waals surface area contributed by atoms with Gasteiger partial charge in [0.15, 0.2) is 5.16 Å². The standard InChI is InChI=1S/C20H18F3N3O3S/c1-29-14-7-8-16-15(12-14)18(28)26(19(24-16)30-10-9-20(21,22)23)25-17(27)11-13-5-3-2-4-6-13/h2-8,12H,9-11H2,1H3,(H,25,27). The van der Waals surface area contributed by atoms with Crippen molar-refractivity contribution in [2.75, 3.05) is 18.3 Å². The van der Waals surface area contributed by atoms with E-state index in [-0.39, 0.29) is 22.7 Å². The minimum Gasteiger partial charge on any atom is -0.497 e. The van der Waals surface area contributed by atoms with Gasteiger partial charge in [0.1, 0.15) is 5.75 Å². The van der Waals surface area contributed by atoms with Crippen LogP contribution in [-0.4, -0.2) is 34.6 Å². The molecule has 0 saturated heterocycles. The van der Waals surface area contributed by atoms with Crippen LogP contribution in [0.4, 0.5) is 13.2 Å². The summed E-state index contributed by atoms with van der Waals surface area (Å²) in [5, 5.41) is 0.151. The summed E-state index contributed by atoms with van der Waals surface area (Å²) in [5.41, 5.74) is 2.88. The van der Waals surface area contributed by atoms with E-state index in [0.29, 0.717) is 11.3 Å². The predicted octanol–water partition coefficient (Wildman–Crippen LogP) is 3.76. The number of halogens is 3. The third-order valence-electron chi connectivity index (χ3n) is 4.11. The molecule has 0 spiro atoms. The third kappa shape index (κ3) is 5.53. The number of hydrogen-bond acceptors (Lipinski definition) is 5. The topological polar surface area (TPSA) is 73.2 Å². The van der Waals surface area contributed by atoms with E-state index in [1.807, 2.05) is 6.07 Å². The Hall–Kier alpha value is -3.01. The van der Waals surface area contributed by atoms with Crippen LogP contribution in [0.15, 0.2) is 58.5 Å². The summed E-state index contributed by atoms with van der Waals surface area (Å²) in [6, 6.07) is 13.5. The van der Waals surface area contributed by atoms with E-state index in [1.54, 1.807) is 36.4 Å². The Kier molecular flexibility index (Phi) is 6.66. The number of nitrogens with zero attached hydrogens (tertiary/aromatic N) is 2. The maximum absolute atomic E-state index is 13.0. The zero-order valence-corrected chi connectivity index (χ0v) is 16.7. The maximum atomic E-state index is 13.0. The van der Waals surface area contributed by atoms with E-state index in [4.69, 9.17) is 4.74 Å². The van der Waals surface area contributed by atoms with Gasteiger partial charge in [-0.25, -0.2) is 4.98 Å². The second-order valence-corrected chi connectivity index (χ2v) is 7.39. The lowest BCUT2D eigenvalue weighted by atomic mass is 10.1. The van der Waals surface area contributed by atoms with Gasteiger partial charge in [0.2, 0.25) is 5.91 Å². The molecule has 1 amide bonds. The molecule has 2 aromatic carbocycles. The molecular formula is C20H18F3N3O3S. The van der Waals surface area contributed by atoms with Crippen LogP contribution in [0.3, 0.4) is 0 Å². The molecule has 0 saturated carbocycles. The Balaban J connectivity index is 1.95. The van der Waals surface area contributed by atoms with Crippen molar-refractivity contribution in [1.29, 1.82) is 0 Å². The molecule has 30 heavy (non-hydrogen) atoms. The van der Waals surface area contributed by atoms with Gasteiger partial charge in [0.05, 0.1) is 30.9 Å². The third-order valence-corrected chi connectivity index (χ3v) is 5.05. The number of hydrogen-bond donors (Lipinski definition) is 1. The highest BCUT2D eigenvalue weighted by Gasteiger charge is 2.27. The number of carbonyl (C=O) groups is 1. The van der Waals surface area contributed by atoms with Gasteiger partial charge in [0, 0.05) is 5.75 Å². The number of thioether (sulfide) groups is 1. The summed E-state index contributed by atoms with van der Waals surface area (Å²) in [6.45, 7) is 0. The number of methoxy groups -OCH3 is 1. The first-order valence-corrected chi connectivity index (χ1v) is 9.89. The Bertz CT molecular complexity index is 1100. The average molecular weight is 437 g/mol. The molecule has 1 aromatic heterocycles. The Morgan fingerprint density at radius 2 is 1.93 bits per heavy atom. The summed E-state index contributed by atoms with van der Waals surface area (Å²) in [5.74, 6) is -0.419. The summed E-state index contributed by atoms with van der Waals surface area (Å²) in [4.78, 5) is 29.7. The first-order valence-electron chi connectivity index (χ1n) is 8.91. The largest absolute Gasteiger partial charge is 0.497 e. The van der Waals surface area contributed by atoms with E-state index in [1.165, 1.54) is 13.2 Å². The van der Waals surface area contributed by atoms with Gasteiger partial charge in [-0.15, -0.1) is 0 Å². The van der Waals surface area contributed by atoms with E-state index >= 15 is 0 Å². The van der Waals surface area contributed by atoms with Crippen LogP contribution in [0.5, 0.6) is 5.75 Å². The minimum absolute atomic E-state index is 0.00388. The molecule has 0 aliphatic carbocycles. The molecule has 1 N–H and O–H groups in total. The summed E-state index contributed by atoms with van der Waals surface area (Å²) >= 11 is 0.747. The maximum Gasteiger partial charge on any atom is 0.389 e. The summed E-state index contributed by atoms with van der Waals surface area (Å²) in [7, 11) is 1.44. The Labute approximate surface area is 174 Å². The van der Waals surface area contributed by atoms with Crippen molar-refractivity contribution < 1.29 is 22.7 Å². The van der Waals surface area contributed by atoms with E-state index < -0.39 is 24.1 Å². The second kappa shape index (κ2) is 9.21. The number of ether oxygens (including phenoxy) is 1. The van der Waals surface area contributed by atoms with Crippen LogP contribution < -0.4 is 15.7 Å². The number of nitrogens with one attached hydrogen (secondary N) is 1.